The average molecular weight is 408 g/mol. The van der Waals surface area contributed by atoms with Gasteiger partial charge < -0.3 is 14.2 Å². The van der Waals surface area contributed by atoms with E-state index in [1.165, 1.54) is 18.7 Å². The highest BCUT2D eigenvalue weighted by molar-refractivity contribution is 5.90. The van der Waals surface area contributed by atoms with Crippen LogP contribution in [0.1, 0.15) is 40.3 Å². The molecule has 0 radical (unpaired) electrons. The molecule has 1 aliphatic heterocycles. The summed E-state index contributed by atoms with van der Waals surface area (Å²) in [6, 6.07) is 0. The Balaban J connectivity index is 2.05. The SMILES string of the molecule is CC[C@H]1O[C@H](n2nnc3c(=O)[nH]c(NC(=O)C(C)C)nc32)[C@H](OC(C)=O)[C@@H]1OC. The van der Waals surface area contributed by atoms with Gasteiger partial charge in [0, 0.05) is 20.0 Å². The molecular formula is C17H24N6O6. The molecule has 4 atom stereocenters. The third kappa shape index (κ3) is 3.98. The Morgan fingerprint density at radius 2 is 2.07 bits per heavy atom. The van der Waals surface area contributed by atoms with E-state index in [-0.39, 0.29) is 35.0 Å². The van der Waals surface area contributed by atoms with Gasteiger partial charge in [0.15, 0.2) is 23.5 Å². The highest BCUT2D eigenvalue weighted by atomic mass is 16.6. The maximum absolute atomic E-state index is 12.4. The molecule has 0 unspecified atom stereocenters. The van der Waals surface area contributed by atoms with Crippen LogP contribution in [-0.2, 0) is 23.8 Å². The zero-order valence-corrected chi connectivity index (χ0v) is 16.8. The van der Waals surface area contributed by atoms with Crippen molar-refractivity contribution in [3.63, 3.8) is 0 Å². The van der Waals surface area contributed by atoms with E-state index < -0.39 is 30.0 Å². The largest absolute Gasteiger partial charge is 0.455 e. The van der Waals surface area contributed by atoms with Crippen LogP contribution in [0.25, 0.3) is 11.2 Å². The van der Waals surface area contributed by atoms with Crippen LogP contribution in [0.4, 0.5) is 5.95 Å². The van der Waals surface area contributed by atoms with Crippen molar-refractivity contribution >= 4 is 29.0 Å². The predicted octanol–water partition coefficient (Wildman–Crippen LogP) is 0.363. The zero-order chi connectivity index (χ0) is 21.3. The second-order valence-electron chi connectivity index (χ2n) is 7.01. The van der Waals surface area contributed by atoms with Gasteiger partial charge in [-0.3, -0.25) is 24.7 Å². The van der Waals surface area contributed by atoms with Crippen LogP contribution in [0, 0.1) is 5.92 Å². The average Bonchev–Trinajstić information content (AvgIpc) is 3.22. The van der Waals surface area contributed by atoms with E-state index in [4.69, 9.17) is 14.2 Å². The number of esters is 1. The number of nitrogens with zero attached hydrogens (tertiary/aromatic N) is 4. The normalized spacial score (nSPS) is 24.2. The number of H-pyrrole nitrogens is 1. The van der Waals surface area contributed by atoms with Crippen LogP contribution >= 0.6 is 0 Å². The number of aromatic nitrogens is 5. The van der Waals surface area contributed by atoms with Gasteiger partial charge in [-0.2, -0.15) is 9.67 Å². The molecule has 0 spiro atoms. The fourth-order valence-electron chi connectivity index (χ4n) is 3.17. The monoisotopic (exact) mass is 408 g/mol. The van der Waals surface area contributed by atoms with Crippen molar-refractivity contribution in [3.8, 4) is 0 Å². The van der Waals surface area contributed by atoms with Gasteiger partial charge in [0.25, 0.3) is 5.56 Å². The van der Waals surface area contributed by atoms with E-state index in [0.717, 1.165) is 0 Å². The van der Waals surface area contributed by atoms with Gasteiger partial charge in [-0.25, -0.2) is 0 Å². The zero-order valence-electron chi connectivity index (χ0n) is 16.8. The van der Waals surface area contributed by atoms with Crippen LogP contribution in [0.2, 0.25) is 0 Å². The second kappa shape index (κ2) is 8.25. The Kier molecular flexibility index (Phi) is 5.94. The molecule has 12 heteroatoms. The molecule has 3 heterocycles. The van der Waals surface area contributed by atoms with Crippen LogP contribution in [-0.4, -0.2) is 62.3 Å². The maximum Gasteiger partial charge on any atom is 0.303 e. The van der Waals surface area contributed by atoms with Crippen LogP contribution in [0.3, 0.4) is 0 Å². The summed E-state index contributed by atoms with van der Waals surface area (Å²) in [6.45, 7) is 6.62. The van der Waals surface area contributed by atoms with Gasteiger partial charge >= 0.3 is 5.97 Å². The lowest BCUT2D eigenvalue weighted by atomic mass is 10.1. The number of nitrogens with one attached hydrogen (secondary N) is 2. The van der Waals surface area contributed by atoms with Crippen molar-refractivity contribution in [1.82, 2.24) is 25.0 Å². The van der Waals surface area contributed by atoms with Gasteiger partial charge in [0.05, 0.1) is 6.10 Å². The first-order chi connectivity index (χ1) is 13.8. The molecule has 1 amide bonds. The van der Waals surface area contributed by atoms with Crippen molar-refractivity contribution in [3.05, 3.63) is 10.4 Å². The summed E-state index contributed by atoms with van der Waals surface area (Å²) in [5, 5.41) is 10.4. The molecule has 0 aliphatic carbocycles. The number of rotatable bonds is 6. The molecule has 29 heavy (non-hydrogen) atoms. The van der Waals surface area contributed by atoms with Crippen molar-refractivity contribution in [2.45, 2.75) is 58.7 Å². The fraction of sp³-hybridized carbons (Fsp3) is 0.647. The third-order valence-corrected chi connectivity index (χ3v) is 4.60. The molecule has 12 nitrogen and oxygen atoms in total. The van der Waals surface area contributed by atoms with Crippen LogP contribution in [0.15, 0.2) is 4.79 Å². The number of carbonyl (C=O) groups excluding carboxylic acids is 2. The van der Waals surface area contributed by atoms with E-state index >= 15 is 0 Å². The van der Waals surface area contributed by atoms with Crippen LogP contribution < -0.4 is 10.9 Å². The Bertz CT molecular complexity index is 969. The summed E-state index contributed by atoms with van der Waals surface area (Å²) < 4.78 is 18.2. The smallest absolute Gasteiger partial charge is 0.303 e. The van der Waals surface area contributed by atoms with Crippen LogP contribution in [0.5, 0.6) is 0 Å². The Hall–Kier alpha value is -2.86. The van der Waals surface area contributed by atoms with Crippen molar-refractivity contribution in [2.24, 2.45) is 5.92 Å². The van der Waals surface area contributed by atoms with Gasteiger partial charge in [-0.1, -0.05) is 26.0 Å². The van der Waals surface area contributed by atoms with E-state index in [1.54, 1.807) is 13.8 Å². The Morgan fingerprint density at radius 3 is 2.66 bits per heavy atom. The van der Waals surface area contributed by atoms with E-state index in [9.17, 15) is 14.4 Å². The fourth-order valence-corrected chi connectivity index (χ4v) is 3.17. The summed E-state index contributed by atoms with van der Waals surface area (Å²) in [5.41, 5.74) is -0.522. The molecule has 0 bridgehead atoms. The minimum atomic E-state index is -0.901. The Labute approximate surface area is 165 Å². The van der Waals surface area contributed by atoms with E-state index in [2.05, 4.69) is 25.6 Å². The molecule has 1 aliphatic rings. The highest BCUT2D eigenvalue weighted by Crippen LogP contribution is 2.35. The molecule has 3 rings (SSSR count). The molecule has 2 N–H and O–H groups in total. The third-order valence-electron chi connectivity index (χ3n) is 4.60. The van der Waals surface area contributed by atoms with Crippen molar-refractivity contribution < 1.29 is 23.8 Å². The van der Waals surface area contributed by atoms with Gasteiger partial charge in [-0.15, -0.1) is 5.10 Å². The van der Waals surface area contributed by atoms with E-state index in [0.29, 0.717) is 6.42 Å². The van der Waals surface area contributed by atoms with Crippen molar-refractivity contribution in [1.29, 1.82) is 0 Å². The number of aromatic amines is 1. The standard InChI is InChI=1S/C17H24N6O6/c1-6-9-11(27-5)12(28-8(4)24)16(29-9)23-13-10(21-22-23)15(26)20-17(18-13)19-14(25)7(2)3/h7,9,11-12,16H,6H2,1-5H3,(H2,18,19,20,25,26)/t9-,11-,12-,16+/m1/s1. The molecule has 158 valence electrons. The lowest BCUT2D eigenvalue weighted by molar-refractivity contribution is -0.157. The molecule has 1 fully saturated rings. The number of amides is 1. The van der Waals surface area contributed by atoms with Gasteiger partial charge in [-0.05, 0) is 6.42 Å². The summed E-state index contributed by atoms with van der Waals surface area (Å²) in [4.78, 5) is 42.7. The lowest BCUT2D eigenvalue weighted by Gasteiger charge is -2.22. The minimum absolute atomic E-state index is 0.0355. The molecule has 2 aromatic rings. The first-order valence-electron chi connectivity index (χ1n) is 9.28. The molecule has 1 saturated heterocycles. The van der Waals surface area contributed by atoms with E-state index in [1.807, 2.05) is 6.92 Å². The number of hydrogen-bond donors (Lipinski definition) is 2. The lowest BCUT2D eigenvalue weighted by Crippen LogP contribution is -2.37. The quantitative estimate of drug-likeness (QED) is 0.646. The predicted molar refractivity (Wildman–Crippen MR) is 100.0 cm³/mol. The molecule has 2 aromatic heterocycles. The van der Waals surface area contributed by atoms with Gasteiger partial charge in [0.1, 0.15) is 6.10 Å². The number of hydrogen-bond acceptors (Lipinski definition) is 9. The summed E-state index contributed by atoms with van der Waals surface area (Å²) in [6.07, 6.45) is -2.02. The topological polar surface area (TPSA) is 150 Å². The summed E-state index contributed by atoms with van der Waals surface area (Å²) in [5.74, 6) is -1.17. The minimum Gasteiger partial charge on any atom is -0.455 e. The first kappa shape index (κ1) is 20.9. The number of anilines is 1. The van der Waals surface area contributed by atoms with Crippen molar-refractivity contribution in [2.75, 3.05) is 12.4 Å². The molecule has 0 aromatic carbocycles. The van der Waals surface area contributed by atoms with Gasteiger partial charge in [0.2, 0.25) is 11.9 Å². The summed E-state index contributed by atoms with van der Waals surface area (Å²) >= 11 is 0. The number of fused-ring (bicyclic) bond motifs is 1. The number of ether oxygens (including phenoxy) is 3. The Morgan fingerprint density at radius 1 is 1.34 bits per heavy atom. The first-order valence-corrected chi connectivity index (χ1v) is 9.28. The molecular weight excluding hydrogens is 384 g/mol. The highest BCUT2D eigenvalue weighted by Gasteiger charge is 2.48. The number of carbonyl (C=O) groups is 2. The number of methoxy groups -OCH3 is 1. The molecule has 0 saturated carbocycles. The maximum atomic E-state index is 12.4. The second-order valence-corrected chi connectivity index (χ2v) is 7.01. The summed E-state index contributed by atoms with van der Waals surface area (Å²) in [7, 11) is 1.50.